The molecule has 16 heavy (non-hydrogen) atoms. The first-order valence-corrected chi connectivity index (χ1v) is 5.02. The highest BCUT2D eigenvalue weighted by Crippen LogP contribution is 2.11. The van der Waals surface area contributed by atoms with E-state index in [9.17, 15) is 5.11 Å². The fourth-order valence-electron chi connectivity index (χ4n) is 1.02. The fourth-order valence-corrected chi connectivity index (χ4v) is 1.02. The molecule has 0 saturated carbocycles. The summed E-state index contributed by atoms with van der Waals surface area (Å²) in [5.41, 5.74) is 1.85. The predicted octanol–water partition coefficient (Wildman–Crippen LogP) is 2.62. The van der Waals surface area contributed by atoms with E-state index in [0.717, 1.165) is 11.1 Å². The minimum absolute atomic E-state index is 0.0831. The number of aliphatic hydroxyl groups excluding tert-OH is 1. The highest BCUT2D eigenvalue weighted by Gasteiger charge is 2.03. The average molecular weight is 216 g/mol. The molecule has 1 atom stereocenters. The molecule has 0 aliphatic heterocycles. The van der Waals surface area contributed by atoms with Crippen LogP contribution < -0.4 is 0 Å². The summed E-state index contributed by atoms with van der Waals surface area (Å²) in [6.07, 6.45) is 4.06. The van der Waals surface area contributed by atoms with Crippen LogP contribution in [0.1, 0.15) is 26.7 Å². The quantitative estimate of drug-likeness (QED) is 0.436. The average Bonchev–Trinajstić information content (AvgIpc) is 2.27. The summed E-state index contributed by atoms with van der Waals surface area (Å²) in [7, 11) is 0. The second-order valence-electron chi connectivity index (χ2n) is 3.72. The van der Waals surface area contributed by atoms with Crippen LogP contribution in [0.3, 0.4) is 0 Å². The van der Waals surface area contributed by atoms with Crippen LogP contribution in [0, 0.1) is 22.7 Å². The Morgan fingerprint density at radius 1 is 1.31 bits per heavy atom. The molecule has 0 aromatic carbocycles. The molecule has 0 fully saturated rings. The first-order chi connectivity index (χ1) is 7.51. The van der Waals surface area contributed by atoms with Crippen molar-refractivity contribution in [1.82, 2.24) is 0 Å². The van der Waals surface area contributed by atoms with Crippen LogP contribution in [0.4, 0.5) is 0 Å². The molecule has 0 spiro atoms. The van der Waals surface area contributed by atoms with Crippen molar-refractivity contribution in [2.45, 2.75) is 32.8 Å². The number of rotatable bonds is 5. The van der Waals surface area contributed by atoms with E-state index in [2.05, 4.69) is 6.58 Å². The number of hydrogen-bond donors (Lipinski definition) is 1. The lowest BCUT2D eigenvalue weighted by atomic mass is 10.0. The molecule has 1 unspecified atom stereocenters. The van der Waals surface area contributed by atoms with Crippen LogP contribution in [-0.4, -0.2) is 11.2 Å². The first-order valence-electron chi connectivity index (χ1n) is 5.02. The van der Waals surface area contributed by atoms with Gasteiger partial charge >= 0.3 is 0 Å². The third-order valence-electron chi connectivity index (χ3n) is 2.16. The van der Waals surface area contributed by atoms with Gasteiger partial charge in [-0.05, 0) is 32.8 Å². The number of allylic oxidation sites excluding steroid dienone is 4. The van der Waals surface area contributed by atoms with Crippen molar-refractivity contribution in [3.8, 4) is 12.1 Å². The Bertz CT molecular complexity index is 375. The van der Waals surface area contributed by atoms with E-state index in [4.69, 9.17) is 10.5 Å². The number of aliphatic hydroxyl groups is 1. The molecule has 0 aromatic rings. The van der Waals surface area contributed by atoms with Gasteiger partial charge in [0.2, 0.25) is 0 Å². The zero-order chi connectivity index (χ0) is 12.6. The minimum Gasteiger partial charge on any atom is -0.389 e. The molecular formula is C13H16N2O. The minimum atomic E-state index is -0.487. The summed E-state index contributed by atoms with van der Waals surface area (Å²) in [5, 5.41) is 26.5. The maximum absolute atomic E-state index is 9.50. The van der Waals surface area contributed by atoms with Crippen LogP contribution in [0.25, 0.3) is 0 Å². The smallest absolute Gasteiger partial charge is 0.129 e. The van der Waals surface area contributed by atoms with Crippen LogP contribution >= 0.6 is 0 Å². The zero-order valence-electron chi connectivity index (χ0n) is 9.70. The molecular weight excluding hydrogens is 200 g/mol. The van der Waals surface area contributed by atoms with Gasteiger partial charge in [-0.1, -0.05) is 23.8 Å². The standard InChI is InChI=1S/C13H16N2O/c1-10(2)13(16)7-5-11(3)4-6-12(8-14)9-15/h4,6,13,16H,1,5,7H2,2-3H3/b11-4+. The van der Waals surface area contributed by atoms with Gasteiger partial charge in [0, 0.05) is 0 Å². The zero-order valence-corrected chi connectivity index (χ0v) is 9.70. The van der Waals surface area contributed by atoms with Crippen LogP contribution in [-0.2, 0) is 0 Å². The molecule has 0 radical (unpaired) electrons. The summed E-state index contributed by atoms with van der Waals surface area (Å²) in [6.45, 7) is 7.35. The Hall–Kier alpha value is -1.84. The number of hydrogen-bond acceptors (Lipinski definition) is 3. The molecule has 0 aromatic heterocycles. The Morgan fingerprint density at radius 3 is 2.31 bits per heavy atom. The molecule has 3 nitrogen and oxygen atoms in total. The Balaban J connectivity index is 4.29. The lowest BCUT2D eigenvalue weighted by Gasteiger charge is -2.09. The van der Waals surface area contributed by atoms with Gasteiger partial charge in [0.1, 0.15) is 17.7 Å². The molecule has 0 rings (SSSR count). The molecule has 0 heterocycles. The van der Waals surface area contributed by atoms with E-state index in [1.165, 1.54) is 6.08 Å². The van der Waals surface area contributed by atoms with Crippen LogP contribution in [0.2, 0.25) is 0 Å². The second-order valence-corrected chi connectivity index (χ2v) is 3.72. The van der Waals surface area contributed by atoms with E-state index in [0.29, 0.717) is 12.8 Å². The monoisotopic (exact) mass is 216 g/mol. The van der Waals surface area contributed by atoms with Crippen molar-refractivity contribution in [2.75, 3.05) is 0 Å². The lowest BCUT2D eigenvalue weighted by molar-refractivity contribution is 0.201. The first kappa shape index (κ1) is 14.2. The third-order valence-corrected chi connectivity index (χ3v) is 2.16. The highest BCUT2D eigenvalue weighted by atomic mass is 16.3. The molecule has 84 valence electrons. The van der Waals surface area contributed by atoms with Gasteiger partial charge in [0.05, 0.1) is 6.10 Å². The SMILES string of the molecule is C=C(C)C(O)CC/C(C)=C/C=C(C#N)C#N. The fraction of sp³-hybridized carbons (Fsp3) is 0.385. The lowest BCUT2D eigenvalue weighted by Crippen LogP contribution is -2.06. The van der Waals surface area contributed by atoms with Gasteiger partial charge in [-0.2, -0.15) is 10.5 Å². The van der Waals surface area contributed by atoms with Crippen molar-refractivity contribution < 1.29 is 5.11 Å². The normalized spacial score (nSPS) is 12.2. The van der Waals surface area contributed by atoms with E-state index < -0.39 is 6.10 Å². The maximum Gasteiger partial charge on any atom is 0.129 e. The number of nitriles is 2. The topological polar surface area (TPSA) is 67.8 Å². The largest absolute Gasteiger partial charge is 0.389 e. The molecule has 3 heteroatoms. The van der Waals surface area contributed by atoms with Crippen molar-refractivity contribution in [2.24, 2.45) is 0 Å². The van der Waals surface area contributed by atoms with Crippen LogP contribution in [0.15, 0.2) is 35.5 Å². The molecule has 0 bridgehead atoms. The predicted molar refractivity (Wildman–Crippen MR) is 63.1 cm³/mol. The van der Waals surface area contributed by atoms with E-state index in [-0.39, 0.29) is 5.57 Å². The molecule has 0 amide bonds. The molecule has 0 aliphatic carbocycles. The van der Waals surface area contributed by atoms with Gasteiger partial charge < -0.3 is 5.11 Å². The summed E-state index contributed by atoms with van der Waals surface area (Å²) in [6, 6.07) is 3.56. The van der Waals surface area contributed by atoms with E-state index in [1.807, 2.05) is 6.92 Å². The van der Waals surface area contributed by atoms with Crippen molar-refractivity contribution in [3.63, 3.8) is 0 Å². The van der Waals surface area contributed by atoms with Crippen molar-refractivity contribution >= 4 is 0 Å². The highest BCUT2D eigenvalue weighted by molar-refractivity contribution is 5.38. The molecule has 0 aliphatic rings. The second kappa shape index (κ2) is 7.45. The maximum atomic E-state index is 9.50. The van der Waals surface area contributed by atoms with Gasteiger partial charge in [-0.3, -0.25) is 0 Å². The molecule has 1 N–H and O–H groups in total. The van der Waals surface area contributed by atoms with Gasteiger partial charge in [-0.15, -0.1) is 0 Å². The van der Waals surface area contributed by atoms with Crippen molar-refractivity contribution in [3.05, 3.63) is 35.5 Å². The van der Waals surface area contributed by atoms with Gasteiger partial charge in [0.25, 0.3) is 0 Å². The Kier molecular flexibility index (Phi) is 6.59. The Morgan fingerprint density at radius 2 is 1.88 bits per heavy atom. The van der Waals surface area contributed by atoms with Crippen LogP contribution in [0.5, 0.6) is 0 Å². The number of nitrogens with zero attached hydrogens (tertiary/aromatic N) is 2. The summed E-state index contributed by atoms with van der Waals surface area (Å²) < 4.78 is 0. The summed E-state index contributed by atoms with van der Waals surface area (Å²) >= 11 is 0. The van der Waals surface area contributed by atoms with Gasteiger partial charge in [-0.25, -0.2) is 0 Å². The van der Waals surface area contributed by atoms with Crippen molar-refractivity contribution in [1.29, 1.82) is 10.5 Å². The summed E-state index contributed by atoms with van der Waals surface area (Å²) in [5.74, 6) is 0. The van der Waals surface area contributed by atoms with E-state index >= 15 is 0 Å². The van der Waals surface area contributed by atoms with E-state index in [1.54, 1.807) is 25.1 Å². The molecule has 0 saturated heterocycles. The van der Waals surface area contributed by atoms with Gasteiger partial charge in [0.15, 0.2) is 0 Å². The Labute approximate surface area is 96.6 Å². The third kappa shape index (κ3) is 5.80. The summed E-state index contributed by atoms with van der Waals surface area (Å²) in [4.78, 5) is 0.